The van der Waals surface area contributed by atoms with Crippen LogP contribution in [0, 0.1) is 5.82 Å². The maximum atomic E-state index is 13.3. The molecule has 1 heterocycles. The summed E-state index contributed by atoms with van der Waals surface area (Å²) in [7, 11) is 0. The number of amides is 1. The maximum absolute atomic E-state index is 13.3. The average Bonchev–Trinajstić information content (AvgIpc) is 2.76. The first kappa shape index (κ1) is 21.8. The van der Waals surface area contributed by atoms with E-state index in [1.54, 1.807) is 12.1 Å². The molecule has 1 aliphatic rings. The molecule has 0 atom stereocenters. The molecule has 0 unspecified atom stereocenters. The SMILES string of the molecule is CCNC(=NCCCC(=O)N1CCc2ccccc2C1)NCCc1cccc(F)c1. The molecule has 0 radical (unpaired) electrons. The van der Waals surface area contributed by atoms with Gasteiger partial charge in [0, 0.05) is 39.1 Å². The van der Waals surface area contributed by atoms with Crippen molar-refractivity contribution in [2.75, 3.05) is 26.2 Å². The molecule has 0 aromatic heterocycles. The third-order valence-corrected chi connectivity index (χ3v) is 5.24. The number of aliphatic imine (C=N–C) groups is 1. The summed E-state index contributed by atoms with van der Waals surface area (Å²) in [4.78, 5) is 19.1. The average molecular weight is 411 g/mol. The fraction of sp³-hybridized carbons (Fsp3) is 0.417. The Hall–Kier alpha value is -2.89. The summed E-state index contributed by atoms with van der Waals surface area (Å²) in [6.07, 6.45) is 2.88. The molecule has 0 bridgehead atoms. The van der Waals surface area contributed by atoms with Gasteiger partial charge in [-0.25, -0.2) is 4.39 Å². The number of hydrogen-bond acceptors (Lipinski definition) is 2. The Morgan fingerprint density at radius 2 is 1.97 bits per heavy atom. The summed E-state index contributed by atoms with van der Waals surface area (Å²) in [6.45, 7) is 5.54. The van der Waals surface area contributed by atoms with Crippen LogP contribution in [0.25, 0.3) is 0 Å². The number of hydrogen-bond donors (Lipinski definition) is 2. The molecule has 2 aromatic rings. The summed E-state index contributed by atoms with van der Waals surface area (Å²) in [5.74, 6) is 0.715. The normalized spacial score (nSPS) is 13.7. The number of halogens is 1. The Kier molecular flexibility index (Phi) is 8.24. The van der Waals surface area contributed by atoms with Crippen molar-refractivity contribution < 1.29 is 9.18 Å². The Bertz CT molecular complexity index is 868. The van der Waals surface area contributed by atoms with Crippen LogP contribution in [0.4, 0.5) is 4.39 Å². The Morgan fingerprint density at radius 3 is 2.77 bits per heavy atom. The molecule has 3 rings (SSSR count). The molecule has 0 aliphatic carbocycles. The topological polar surface area (TPSA) is 56.7 Å². The molecule has 1 aliphatic heterocycles. The zero-order chi connectivity index (χ0) is 21.2. The maximum Gasteiger partial charge on any atom is 0.222 e. The minimum atomic E-state index is -0.213. The number of nitrogens with one attached hydrogen (secondary N) is 2. The molecule has 2 N–H and O–H groups in total. The largest absolute Gasteiger partial charge is 0.357 e. The van der Waals surface area contributed by atoms with Crippen LogP contribution < -0.4 is 10.6 Å². The fourth-order valence-corrected chi connectivity index (χ4v) is 3.65. The quantitative estimate of drug-likeness (QED) is 0.399. The second-order valence-electron chi connectivity index (χ2n) is 7.50. The van der Waals surface area contributed by atoms with Crippen molar-refractivity contribution >= 4 is 11.9 Å². The highest BCUT2D eigenvalue weighted by atomic mass is 19.1. The first-order valence-electron chi connectivity index (χ1n) is 10.8. The first-order valence-corrected chi connectivity index (χ1v) is 10.8. The van der Waals surface area contributed by atoms with Gasteiger partial charge < -0.3 is 15.5 Å². The molecule has 0 saturated heterocycles. The third-order valence-electron chi connectivity index (χ3n) is 5.24. The van der Waals surface area contributed by atoms with Crippen LogP contribution in [0.3, 0.4) is 0 Å². The zero-order valence-electron chi connectivity index (χ0n) is 17.7. The zero-order valence-corrected chi connectivity index (χ0v) is 17.7. The van der Waals surface area contributed by atoms with E-state index in [9.17, 15) is 9.18 Å². The standard InChI is InChI=1S/C24H31FN4O/c1-2-26-24(28-15-12-19-7-5-10-22(25)17-19)27-14-6-11-23(30)29-16-13-20-8-3-4-9-21(20)18-29/h3-5,7-10,17H,2,6,11-16,18H2,1H3,(H2,26,27,28). The summed E-state index contributed by atoms with van der Waals surface area (Å²) in [5.41, 5.74) is 3.56. The second-order valence-corrected chi connectivity index (χ2v) is 7.50. The van der Waals surface area contributed by atoms with Gasteiger partial charge in [-0.1, -0.05) is 36.4 Å². The Balaban J connectivity index is 1.40. The van der Waals surface area contributed by atoms with Gasteiger partial charge in [-0.05, 0) is 55.0 Å². The fourth-order valence-electron chi connectivity index (χ4n) is 3.65. The third kappa shape index (κ3) is 6.58. The van der Waals surface area contributed by atoms with Crippen LogP contribution in [0.1, 0.15) is 36.5 Å². The number of nitrogens with zero attached hydrogens (tertiary/aromatic N) is 2. The lowest BCUT2D eigenvalue weighted by molar-refractivity contribution is -0.132. The van der Waals surface area contributed by atoms with Crippen LogP contribution in [0.2, 0.25) is 0 Å². The number of carbonyl (C=O) groups is 1. The summed E-state index contributed by atoms with van der Waals surface area (Å²) < 4.78 is 13.3. The smallest absolute Gasteiger partial charge is 0.222 e. The molecular formula is C24H31FN4O. The van der Waals surface area contributed by atoms with Crippen molar-refractivity contribution in [3.05, 3.63) is 71.0 Å². The van der Waals surface area contributed by atoms with Crippen molar-refractivity contribution in [1.82, 2.24) is 15.5 Å². The van der Waals surface area contributed by atoms with Crippen LogP contribution >= 0.6 is 0 Å². The van der Waals surface area contributed by atoms with Gasteiger partial charge in [0.15, 0.2) is 5.96 Å². The van der Waals surface area contributed by atoms with Gasteiger partial charge in [0.1, 0.15) is 5.82 Å². The van der Waals surface area contributed by atoms with Crippen LogP contribution in [-0.4, -0.2) is 42.9 Å². The van der Waals surface area contributed by atoms with Gasteiger partial charge in [0.25, 0.3) is 0 Å². The van der Waals surface area contributed by atoms with Crippen molar-refractivity contribution in [2.45, 2.75) is 39.2 Å². The summed E-state index contributed by atoms with van der Waals surface area (Å²) >= 11 is 0. The van der Waals surface area contributed by atoms with Crippen molar-refractivity contribution in [1.29, 1.82) is 0 Å². The number of guanidine groups is 1. The predicted molar refractivity (Wildman–Crippen MR) is 119 cm³/mol. The van der Waals surface area contributed by atoms with Gasteiger partial charge >= 0.3 is 0 Å². The molecule has 30 heavy (non-hydrogen) atoms. The predicted octanol–water partition coefficient (Wildman–Crippen LogP) is 3.29. The molecule has 5 nitrogen and oxygen atoms in total. The van der Waals surface area contributed by atoms with E-state index >= 15 is 0 Å². The minimum absolute atomic E-state index is 0.198. The highest BCUT2D eigenvalue weighted by Crippen LogP contribution is 2.19. The Morgan fingerprint density at radius 1 is 1.13 bits per heavy atom. The molecule has 1 amide bonds. The molecule has 0 spiro atoms. The highest BCUT2D eigenvalue weighted by Gasteiger charge is 2.19. The van der Waals surface area contributed by atoms with E-state index in [2.05, 4.69) is 33.8 Å². The second kappa shape index (κ2) is 11.3. The number of carbonyl (C=O) groups excluding carboxylic acids is 1. The van der Waals surface area contributed by atoms with E-state index in [0.717, 1.165) is 43.9 Å². The van der Waals surface area contributed by atoms with Crippen molar-refractivity contribution in [2.24, 2.45) is 4.99 Å². The van der Waals surface area contributed by atoms with Gasteiger partial charge in [0.05, 0.1) is 0 Å². The molecule has 160 valence electrons. The highest BCUT2D eigenvalue weighted by molar-refractivity contribution is 5.80. The lowest BCUT2D eigenvalue weighted by Crippen LogP contribution is -2.38. The summed E-state index contributed by atoms with van der Waals surface area (Å²) in [6, 6.07) is 15.0. The van der Waals surface area contributed by atoms with Crippen molar-refractivity contribution in [3.8, 4) is 0 Å². The molecule has 6 heteroatoms. The molecule has 0 fully saturated rings. The van der Waals surface area contributed by atoms with E-state index in [1.807, 2.05) is 24.0 Å². The molecule has 2 aromatic carbocycles. The van der Waals surface area contributed by atoms with E-state index < -0.39 is 0 Å². The van der Waals surface area contributed by atoms with Crippen LogP contribution in [0.5, 0.6) is 0 Å². The van der Waals surface area contributed by atoms with Gasteiger partial charge in [0.2, 0.25) is 5.91 Å². The van der Waals surface area contributed by atoms with Gasteiger partial charge in [-0.15, -0.1) is 0 Å². The Labute approximate surface area is 178 Å². The van der Waals surface area contributed by atoms with E-state index in [0.29, 0.717) is 26.1 Å². The first-order chi connectivity index (χ1) is 14.7. The van der Waals surface area contributed by atoms with Crippen LogP contribution in [-0.2, 0) is 24.2 Å². The van der Waals surface area contributed by atoms with Gasteiger partial charge in [-0.3, -0.25) is 9.79 Å². The number of fused-ring (bicyclic) bond motifs is 1. The molecular weight excluding hydrogens is 379 g/mol. The van der Waals surface area contributed by atoms with Crippen LogP contribution in [0.15, 0.2) is 53.5 Å². The van der Waals surface area contributed by atoms with E-state index in [4.69, 9.17) is 0 Å². The van der Waals surface area contributed by atoms with E-state index in [-0.39, 0.29) is 11.7 Å². The monoisotopic (exact) mass is 410 g/mol. The van der Waals surface area contributed by atoms with E-state index in [1.165, 1.54) is 17.2 Å². The summed E-state index contributed by atoms with van der Waals surface area (Å²) in [5, 5.41) is 6.48. The molecule has 0 saturated carbocycles. The lowest BCUT2D eigenvalue weighted by atomic mass is 9.99. The lowest BCUT2D eigenvalue weighted by Gasteiger charge is -2.28. The van der Waals surface area contributed by atoms with Gasteiger partial charge in [-0.2, -0.15) is 0 Å². The number of benzene rings is 2. The number of rotatable bonds is 8. The minimum Gasteiger partial charge on any atom is -0.357 e. The van der Waals surface area contributed by atoms with Crippen molar-refractivity contribution in [3.63, 3.8) is 0 Å².